The van der Waals surface area contributed by atoms with Crippen LogP contribution in [0.2, 0.25) is 0 Å². The van der Waals surface area contributed by atoms with Crippen LogP contribution in [0.4, 0.5) is 0 Å². The van der Waals surface area contributed by atoms with Gasteiger partial charge in [0.15, 0.2) is 11.7 Å². The molecule has 1 aromatic heterocycles. The van der Waals surface area contributed by atoms with E-state index < -0.39 is 0 Å². The summed E-state index contributed by atoms with van der Waals surface area (Å²) in [4.78, 5) is 18.7. The molecule has 1 fully saturated rings. The summed E-state index contributed by atoms with van der Waals surface area (Å²) in [6, 6.07) is 8.28. The van der Waals surface area contributed by atoms with Crippen LogP contribution in [0.25, 0.3) is 0 Å². The number of furan rings is 1. The van der Waals surface area contributed by atoms with Crippen LogP contribution in [0.5, 0.6) is 0 Å². The van der Waals surface area contributed by atoms with Crippen LogP contribution in [-0.2, 0) is 4.74 Å². The lowest BCUT2D eigenvalue weighted by Gasteiger charge is -2.35. The van der Waals surface area contributed by atoms with Crippen molar-refractivity contribution in [1.82, 2.24) is 15.5 Å². The fourth-order valence-corrected chi connectivity index (χ4v) is 3.73. The summed E-state index contributed by atoms with van der Waals surface area (Å²) in [5.74, 6) is 1.07. The van der Waals surface area contributed by atoms with Gasteiger partial charge >= 0.3 is 0 Å². The van der Waals surface area contributed by atoms with Crippen molar-refractivity contribution in [3.63, 3.8) is 0 Å². The molecule has 1 aromatic carbocycles. The van der Waals surface area contributed by atoms with Gasteiger partial charge in [-0.05, 0) is 44.4 Å². The second-order valence-electron chi connectivity index (χ2n) is 7.68. The Morgan fingerprint density at radius 3 is 2.61 bits per heavy atom. The first-order chi connectivity index (χ1) is 14.5. The van der Waals surface area contributed by atoms with E-state index in [9.17, 15) is 4.79 Å². The summed E-state index contributed by atoms with van der Waals surface area (Å²) < 4.78 is 11.3. The lowest BCUT2D eigenvalue weighted by molar-refractivity contribution is -0.00831. The molecule has 0 aliphatic carbocycles. The number of hydrogen-bond acceptors (Lipinski definition) is 4. The molecule has 31 heavy (non-hydrogen) atoms. The molecule has 170 valence electrons. The number of nitrogens with zero attached hydrogens (tertiary/aromatic N) is 2. The monoisotopic (exact) mass is 540 g/mol. The van der Waals surface area contributed by atoms with E-state index in [1.165, 1.54) is 23.0 Å². The van der Waals surface area contributed by atoms with E-state index in [0.29, 0.717) is 18.9 Å². The van der Waals surface area contributed by atoms with Crippen LogP contribution in [-0.4, -0.2) is 56.6 Å². The number of morpholine rings is 1. The average molecular weight is 540 g/mol. The first-order valence-electron chi connectivity index (χ1n) is 10.5. The highest BCUT2D eigenvalue weighted by atomic mass is 127. The van der Waals surface area contributed by atoms with Crippen molar-refractivity contribution in [3.8, 4) is 0 Å². The Morgan fingerprint density at radius 2 is 1.94 bits per heavy atom. The second kappa shape index (κ2) is 12.1. The predicted molar refractivity (Wildman–Crippen MR) is 133 cm³/mol. The van der Waals surface area contributed by atoms with Gasteiger partial charge < -0.3 is 24.7 Å². The average Bonchev–Trinajstić information content (AvgIpc) is 3.16. The first-order valence-corrected chi connectivity index (χ1v) is 10.5. The third kappa shape index (κ3) is 6.70. The molecule has 0 spiro atoms. The molecule has 2 heterocycles. The molecule has 8 heteroatoms. The molecule has 1 aliphatic heterocycles. The minimum Gasteiger partial charge on any atom is -0.459 e. The van der Waals surface area contributed by atoms with Crippen LogP contribution in [0.15, 0.2) is 39.9 Å². The lowest BCUT2D eigenvalue weighted by Crippen LogP contribution is -2.48. The molecule has 2 aromatic rings. The normalized spacial score (nSPS) is 16.6. The van der Waals surface area contributed by atoms with Gasteiger partial charge in [-0.25, -0.2) is 0 Å². The summed E-state index contributed by atoms with van der Waals surface area (Å²) in [5.41, 5.74) is 4.59. The zero-order chi connectivity index (χ0) is 21.5. The predicted octanol–water partition coefficient (Wildman–Crippen LogP) is 3.59. The Hall–Kier alpha value is -2.07. The summed E-state index contributed by atoms with van der Waals surface area (Å²) >= 11 is 0. The minimum absolute atomic E-state index is 0. The smallest absolute Gasteiger partial charge is 0.287 e. The molecule has 2 N–H and O–H groups in total. The number of guanidine groups is 1. The number of nitrogens with one attached hydrogen (secondary N) is 2. The van der Waals surface area contributed by atoms with Gasteiger partial charge in [-0.3, -0.25) is 9.79 Å². The molecular formula is C23H33IN4O3. The van der Waals surface area contributed by atoms with Crippen LogP contribution in [0.1, 0.15) is 45.3 Å². The van der Waals surface area contributed by atoms with Crippen molar-refractivity contribution < 1.29 is 13.9 Å². The van der Waals surface area contributed by atoms with Crippen molar-refractivity contribution in [2.75, 3.05) is 39.8 Å². The zero-order valence-electron chi connectivity index (χ0n) is 18.7. The molecule has 1 atom stereocenters. The number of rotatable bonds is 6. The van der Waals surface area contributed by atoms with Crippen molar-refractivity contribution in [2.24, 2.45) is 4.99 Å². The molecule has 1 amide bonds. The largest absolute Gasteiger partial charge is 0.459 e. The van der Waals surface area contributed by atoms with E-state index in [-0.39, 0.29) is 36.0 Å². The Bertz CT molecular complexity index is 897. The number of carbonyl (C=O) groups is 1. The molecule has 7 nitrogen and oxygen atoms in total. The number of amides is 1. The van der Waals surface area contributed by atoms with Crippen molar-refractivity contribution >= 4 is 35.8 Å². The number of aryl methyl sites for hydroxylation is 3. The summed E-state index contributed by atoms with van der Waals surface area (Å²) in [5, 5.41) is 6.29. The molecule has 0 radical (unpaired) electrons. The first kappa shape index (κ1) is 25.2. The topological polar surface area (TPSA) is 79.1 Å². The molecule has 1 saturated heterocycles. The van der Waals surface area contributed by atoms with Crippen LogP contribution >= 0.6 is 24.0 Å². The van der Waals surface area contributed by atoms with E-state index in [1.807, 2.05) is 6.92 Å². The van der Waals surface area contributed by atoms with Gasteiger partial charge in [-0.15, -0.1) is 24.0 Å². The number of benzene rings is 1. The quantitative estimate of drug-likeness (QED) is 0.254. The van der Waals surface area contributed by atoms with Gasteiger partial charge in [-0.2, -0.15) is 0 Å². The van der Waals surface area contributed by atoms with Gasteiger partial charge in [0.05, 0.1) is 19.4 Å². The van der Waals surface area contributed by atoms with Crippen LogP contribution < -0.4 is 10.6 Å². The molecule has 3 rings (SSSR count). The minimum atomic E-state index is -0.175. The maximum atomic E-state index is 12.1. The van der Waals surface area contributed by atoms with Crippen molar-refractivity contribution in [3.05, 3.63) is 58.5 Å². The van der Waals surface area contributed by atoms with Crippen LogP contribution in [0.3, 0.4) is 0 Å². The summed E-state index contributed by atoms with van der Waals surface area (Å²) in [6.07, 6.45) is 2.35. The van der Waals surface area contributed by atoms with Crippen molar-refractivity contribution in [2.45, 2.75) is 33.3 Å². The molecule has 1 unspecified atom stereocenters. The van der Waals surface area contributed by atoms with Crippen molar-refractivity contribution in [1.29, 1.82) is 0 Å². The number of halogens is 1. The SMILES string of the molecule is CN=C(NCCCNC(=O)c1occc1C)N1CCOC(c2ccc(C)cc2C)C1.I. The Balaban J connectivity index is 0.00000341. The fraction of sp³-hybridized carbons (Fsp3) is 0.478. The molecule has 0 bridgehead atoms. The highest BCUT2D eigenvalue weighted by Crippen LogP contribution is 2.25. The second-order valence-corrected chi connectivity index (χ2v) is 7.68. The Kier molecular flexibility index (Phi) is 9.83. The maximum absolute atomic E-state index is 12.1. The third-order valence-corrected chi connectivity index (χ3v) is 5.34. The Labute approximate surface area is 201 Å². The van der Waals surface area contributed by atoms with Gasteiger partial charge in [0.2, 0.25) is 0 Å². The summed E-state index contributed by atoms with van der Waals surface area (Å²) in [6.45, 7) is 9.61. The number of carbonyl (C=O) groups excluding carboxylic acids is 1. The number of aliphatic imine (C=N–C) groups is 1. The third-order valence-electron chi connectivity index (χ3n) is 5.34. The van der Waals surface area contributed by atoms with E-state index in [0.717, 1.165) is 37.6 Å². The molecule has 1 aliphatic rings. The van der Waals surface area contributed by atoms with Gasteiger partial charge in [0.25, 0.3) is 5.91 Å². The van der Waals surface area contributed by atoms with Gasteiger partial charge in [0, 0.05) is 32.2 Å². The highest BCUT2D eigenvalue weighted by Gasteiger charge is 2.25. The van der Waals surface area contributed by atoms with Gasteiger partial charge in [-0.1, -0.05) is 23.8 Å². The number of ether oxygens (including phenoxy) is 1. The Morgan fingerprint density at radius 1 is 1.16 bits per heavy atom. The maximum Gasteiger partial charge on any atom is 0.287 e. The standard InChI is InChI=1S/C23H32N4O3.HI/c1-16-6-7-19(18(3)14-16)20-15-27(11-13-29-20)23(24-4)26-10-5-9-25-22(28)21-17(2)8-12-30-21;/h6-8,12,14,20H,5,9-11,13,15H2,1-4H3,(H,24,26)(H,25,28);1H. The van der Waals surface area contributed by atoms with Crippen LogP contribution in [0, 0.1) is 20.8 Å². The lowest BCUT2D eigenvalue weighted by atomic mass is 10.00. The fourth-order valence-electron chi connectivity index (χ4n) is 3.73. The number of hydrogen-bond donors (Lipinski definition) is 2. The van der Waals surface area contributed by atoms with E-state index in [2.05, 4.69) is 52.6 Å². The van der Waals surface area contributed by atoms with E-state index in [1.54, 1.807) is 13.1 Å². The summed E-state index contributed by atoms with van der Waals surface area (Å²) in [7, 11) is 1.80. The van der Waals surface area contributed by atoms with E-state index >= 15 is 0 Å². The zero-order valence-corrected chi connectivity index (χ0v) is 21.1. The molecule has 0 saturated carbocycles. The van der Waals surface area contributed by atoms with Gasteiger partial charge in [0.1, 0.15) is 6.10 Å². The molecular weight excluding hydrogens is 507 g/mol. The van der Waals surface area contributed by atoms with E-state index in [4.69, 9.17) is 9.15 Å². The highest BCUT2D eigenvalue weighted by molar-refractivity contribution is 14.0.